The molecule has 7 heteroatoms. The molecule has 2 rings (SSSR count). The summed E-state index contributed by atoms with van der Waals surface area (Å²) in [5.41, 5.74) is -0.112. The molecule has 0 aliphatic carbocycles. The van der Waals surface area contributed by atoms with Gasteiger partial charge in [-0.25, -0.2) is 4.79 Å². The van der Waals surface area contributed by atoms with Gasteiger partial charge in [-0.05, 0) is 12.1 Å². The number of esters is 1. The first-order valence-corrected chi connectivity index (χ1v) is 6.61. The molecule has 1 unspecified atom stereocenters. The minimum atomic E-state index is -0.613. The van der Waals surface area contributed by atoms with Crippen molar-refractivity contribution >= 4 is 29.5 Å². The van der Waals surface area contributed by atoms with Crippen LogP contribution in [0.4, 0.5) is 0 Å². The predicted octanol–water partition coefficient (Wildman–Crippen LogP) is 0.620. The number of carbonyl (C=O) groups is 3. The molecule has 1 heterocycles. The van der Waals surface area contributed by atoms with Crippen molar-refractivity contribution in [1.29, 1.82) is 0 Å². The number of benzene rings is 1. The highest BCUT2D eigenvalue weighted by molar-refractivity contribution is 8.05. The molecule has 1 fully saturated rings. The van der Waals surface area contributed by atoms with Crippen LogP contribution in [-0.4, -0.2) is 30.4 Å². The summed E-state index contributed by atoms with van der Waals surface area (Å²) >= 11 is 1.05. The van der Waals surface area contributed by atoms with Gasteiger partial charge in [0.25, 0.3) is 11.8 Å². The van der Waals surface area contributed by atoms with Crippen molar-refractivity contribution < 1.29 is 19.1 Å². The van der Waals surface area contributed by atoms with E-state index in [4.69, 9.17) is 0 Å². The van der Waals surface area contributed by atoms with Crippen molar-refractivity contribution in [3.05, 3.63) is 46.9 Å². The van der Waals surface area contributed by atoms with Crippen LogP contribution >= 0.6 is 11.8 Å². The second-order valence-electron chi connectivity index (χ2n) is 3.84. The van der Waals surface area contributed by atoms with E-state index in [1.54, 1.807) is 30.3 Å². The van der Waals surface area contributed by atoms with Gasteiger partial charge in [-0.1, -0.05) is 30.0 Å². The number of ether oxygens (including phenoxy) is 1. The fourth-order valence-electron chi connectivity index (χ4n) is 1.52. The number of hydrogen-bond donors (Lipinski definition) is 2. The van der Waals surface area contributed by atoms with Crippen molar-refractivity contribution in [2.45, 2.75) is 5.50 Å². The second-order valence-corrected chi connectivity index (χ2v) is 4.99. The number of hydrogen-bond acceptors (Lipinski definition) is 5. The number of methoxy groups -OCH3 is 1. The summed E-state index contributed by atoms with van der Waals surface area (Å²) in [5, 5.41) is 5.20. The first kappa shape index (κ1) is 14.1. The molecule has 1 aromatic carbocycles. The first-order chi connectivity index (χ1) is 9.60. The fraction of sp³-hybridized carbons (Fsp3) is 0.154. The molecule has 0 bridgehead atoms. The highest BCUT2D eigenvalue weighted by atomic mass is 32.2. The van der Waals surface area contributed by atoms with Gasteiger partial charge >= 0.3 is 5.97 Å². The Morgan fingerprint density at radius 2 is 2.05 bits per heavy atom. The zero-order chi connectivity index (χ0) is 14.5. The minimum absolute atomic E-state index is 0.204. The summed E-state index contributed by atoms with van der Waals surface area (Å²) in [6.07, 6.45) is 1.09. The molecule has 1 aliphatic rings. The molecule has 104 valence electrons. The van der Waals surface area contributed by atoms with E-state index in [-0.39, 0.29) is 10.8 Å². The summed E-state index contributed by atoms with van der Waals surface area (Å²) in [6, 6.07) is 8.64. The number of thioether (sulfide) groups is 1. The van der Waals surface area contributed by atoms with Crippen molar-refractivity contribution in [3.63, 3.8) is 0 Å². The van der Waals surface area contributed by atoms with Crippen LogP contribution in [0.25, 0.3) is 0 Å². The normalized spacial score (nSPS) is 19.6. The molecule has 0 saturated carbocycles. The lowest BCUT2D eigenvalue weighted by Crippen LogP contribution is -2.41. The van der Waals surface area contributed by atoms with Crippen molar-refractivity contribution in [3.8, 4) is 0 Å². The molecule has 1 aromatic rings. The van der Waals surface area contributed by atoms with Gasteiger partial charge in [0.05, 0.1) is 12.0 Å². The van der Waals surface area contributed by atoms with Gasteiger partial charge in [-0.3, -0.25) is 9.59 Å². The molecule has 2 N–H and O–H groups in total. The molecular weight excluding hydrogens is 280 g/mol. The molecular formula is C13H12N2O4S. The van der Waals surface area contributed by atoms with Crippen LogP contribution in [0.2, 0.25) is 0 Å². The lowest BCUT2D eigenvalue weighted by Gasteiger charge is -2.10. The van der Waals surface area contributed by atoms with E-state index in [9.17, 15) is 14.4 Å². The maximum atomic E-state index is 11.9. The molecule has 1 atom stereocenters. The summed E-state index contributed by atoms with van der Waals surface area (Å²) in [6.45, 7) is 0. The van der Waals surface area contributed by atoms with Gasteiger partial charge in [-0.2, -0.15) is 0 Å². The van der Waals surface area contributed by atoms with E-state index in [2.05, 4.69) is 15.4 Å². The van der Waals surface area contributed by atoms with E-state index < -0.39 is 17.4 Å². The van der Waals surface area contributed by atoms with E-state index in [0.29, 0.717) is 5.56 Å². The van der Waals surface area contributed by atoms with Crippen LogP contribution in [0.1, 0.15) is 10.4 Å². The molecule has 1 saturated heterocycles. The average Bonchev–Trinajstić information content (AvgIpc) is 2.79. The third kappa shape index (κ3) is 3.39. The van der Waals surface area contributed by atoms with Crippen LogP contribution in [-0.2, 0) is 14.3 Å². The summed E-state index contributed by atoms with van der Waals surface area (Å²) in [7, 11) is 1.23. The first-order valence-electron chi connectivity index (χ1n) is 5.73. The standard InChI is InChI=1S/C13H12N2O4S/c1-19-10(16)7-9-12(18)15-13(20-9)14-11(17)8-5-3-2-4-6-8/h2-7,13H,1H3,(H,14,17)(H,15,18)/b9-7-. The van der Waals surface area contributed by atoms with Gasteiger partial charge < -0.3 is 15.4 Å². The number of nitrogens with one attached hydrogen (secondary N) is 2. The van der Waals surface area contributed by atoms with Crippen LogP contribution < -0.4 is 10.6 Å². The number of amides is 2. The molecule has 0 radical (unpaired) electrons. The second kappa shape index (κ2) is 6.25. The van der Waals surface area contributed by atoms with Crippen LogP contribution in [0.3, 0.4) is 0 Å². The van der Waals surface area contributed by atoms with E-state index >= 15 is 0 Å². The maximum Gasteiger partial charge on any atom is 0.331 e. The Hall–Kier alpha value is -2.28. The number of rotatable bonds is 3. The molecule has 1 aliphatic heterocycles. The van der Waals surface area contributed by atoms with Crippen molar-refractivity contribution in [2.75, 3.05) is 7.11 Å². The van der Waals surface area contributed by atoms with Gasteiger partial charge in [0.1, 0.15) is 0 Å². The third-order valence-electron chi connectivity index (χ3n) is 2.48. The molecule has 6 nitrogen and oxygen atoms in total. The Morgan fingerprint density at radius 3 is 2.70 bits per heavy atom. The molecule has 2 amide bonds. The average molecular weight is 292 g/mol. The number of carbonyl (C=O) groups excluding carboxylic acids is 3. The summed E-state index contributed by atoms with van der Waals surface area (Å²) < 4.78 is 4.45. The smallest absolute Gasteiger partial charge is 0.331 e. The maximum absolute atomic E-state index is 11.9. The fourth-order valence-corrected chi connectivity index (χ4v) is 2.44. The Morgan fingerprint density at radius 1 is 1.35 bits per heavy atom. The van der Waals surface area contributed by atoms with Crippen molar-refractivity contribution in [2.24, 2.45) is 0 Å². The quantitative estimate of drug-likeness (QED) is 0.630. The zero-order valence-electron chi connectivity index (χ0n) is 10.6. The van der Waals surface area contributed by atoms with Gasteiger partial charge in [0.2, 0.25) is 0 Å². The summed E-state index contributed by atoms with van der Waals surface area (Å²) in [4.78, 5) is 34.8. The van der Waals surface area contributed by atoms with E-state index in [1.807, 2.05) is 0 Å². The third-order valence-corrected chi connectivity index (χ3v) is 3.51. The SMILES string of the molecule is COC(=O)/C=C1\SC(NC(=O)c2ccccc2)NC1=O. The zero-order valence-corrected chi connectivity index (χ0v) is 11.4. The molecule has 0 spiro atoms. The predicted molar refractivity (Wildman–Crippen MR) is 73.5 cm³/mol. The minimum Gasteiger partial charge on any atom is -0.466 e. The highest BCUT2D eigenvalue weighted by Crippen LogP contribution is 2.25. The summed E-state index contributed by atoms with van der Waals surface area (Å²) in [5.74, 6) is -1.33. The van der Waals surface area contributed by atoms with Crippen LogP contribution in [0.15, 0.2) is 41.3 Å². The van der Waals surface area contributed by atoms with Crippen LogP contribution in [0, 0.1) is 0 Å². The van der Waals surface area contributed by atoms with Gasteiger partial charge in [-0.15, -0.1) is 0 Å². The van der Waals surface area contributed by atoms with E-state index in [1.165, 1.54) is 7.11 Å². The Kier molecular flexibility index (Phi) is 4.41. The largest absolute Gasteiger partial charge is 0.466 e. The topological polar surface area (TPSA) is 84.5 Å². The Labute approximate surface area is 119 Å². The Bertz CT molecular complexity index is 571. The van der Waals surface area contributed by atoms with Crippen molar-refractivity contribution in [1.82, 2.24) is 10.6 Å². The van der Waals surface area contributed by atoms with E-state index in [0.717, 1.165) is 17.8 Å². The monoisotopic (exact) mass is 292 g/mol. The molecule has 0 aromatic heterocycles. The lowest BCUT2D eigenvalue weighted by atomic mass is 10.2. The van der Waals surface area contributed by atoms with Crippen LogP contribution in [0.5, 0.6) is 0 Å². The molecule has 20 heavy (non-hydrogen) atoms. The Balaban J connectivity index is 1.99. The van der Waals surface area contributed by atoms with Gasteiger partial charge in [0, 0.05) is 11.6 Å². The van der Waals surface area contributed by atoms with Gasteiger partial charge in [0.15, 0.2) is 5.50 Å². The lowest BCUT2D eigenvalue weighted by molar-refractivity contribution is -0.135. The highest BCUT2D eigenvalue weighted by Gasteiger charge is 2.29.